The van der Waals surface area contributed by atoms with Crippen LogP contribution in [0.3, 0.4) is 0 Å². The number of nitro benzene ring substituents is 1. The van der Waals surface area contributed by atoms with E-state index in [0.717, 1.165) is 12.1 Å². The van der Waals surface area contributed by atoms with E-state index < -0.39 is 22.2 Å². The quantitative estimate of drug-likeness (QED) is 0.382. The molecule has 0 bridgehead atoms. The van der Waals surface area contributed by atoms with Crippen LogP contribution >= 0.6 is 11.6 Å². The van der Waals surface area contributed by atoms with Crippen LogP contribution in [0, 0.1) is 34.2 Å². The zero-order chi connectivity index (χ0) is 18.6. The minimum absolute atomic E-state index is 0.0295. The van der Waals surface area contributed by atoms with Gasteiger partial charge in [-0.25, -0.2) is 4.39 Å². The van der Waals surface area contributed by atoms with Gasteiger partial charge in [-0.15, -0.1) is 0 Å². The summed E-state index contributed by atoms with van der Waals surface area (Å²) >= 11 is 5.86. The highest BCUT2D eigenvalue weighted by molar-refractivity contribution is 6.32. The second-order valence-corrected chi connectivity index (χ2v) is 5.44. The predicted molar refractivity (Wildman–Crippen MR) is 91.5 cm³/mol. The summed E-state index contributed by atoms with van der Waals surface area (Å²) in [5.41, 5.74) is -0.300. The van der Waals surface area contributed by atoms with E-state index in [0.29, 0.717) is 5.56 Å². The summed E-state index contributed by atoms with van der Waals surface area (Å²) in [5.74, 6) is -1.61. The molecule has 2 aromatic rings. The van der Waals surface area contributed by atoms with Crippen molar-refractivity contribution < 1.29 is 14.1 Å². The smallest absolute Gasteiger partial charge is 0.293 e. The maximum atomic E-state index is 13.8. The van der Waals surface area contributed by atoms with Crippen molar-refractivity contribution in [2.45, 2.75) is 6.92 Å². The molecule has 0 saturated heterocycles. The number of rotatable bonds is 4. The lowest BCUT2D eigenvalue weighted by Gasteiger charge is -2.07. The summed E-state index contributed by atoms with van der Waals surface area (Å²) in [5, 5.41) is 22.6. The number of carbonyl (C=O) groups is 1. The number of nitro groups is 1. The Morgan fingerprint density at radius 3 is 2.72 bits per heavy atom. The van der Waals surface area contributed by atoms with Crippen molar-refractivity contribution >= 4 is 35.0 Å². The molecule has 25 heavy (non-hydrogen) atoms. The van der Waals surface area contributed by atoms with Crippen LogP contribution < -0.4 is 5.32 Å². The lowest BCUT2D eigenvalue weighted by atomic mass is 10.1. The second kappa shape index (κ2) is 7.55. The van der Waals surface area contributed by atoms with Gasteiger partial charge in [0.2, 0.25) is 0 Å². The molecule has 0 unspecified atom stereocenters. The maximum absolute atomic E-state index is 13.8. The highest BCUT2D eigenvalue weighted by atomic mass is 35.5. The summed E-state index contributed by atoms with van der Waals surface area (Å²) in [6.07, 6.45) is 0.993. The van der Waals surface area contributed by atoms with Crippen molar-refractivity contribution in [3.8, 4) is 6.07 Å². The second-order valence-electron chi connectivity index (χ2n) is 5.04. The Morgan fingerprint density at radius 2 is 2.12 bits per heavy atom. The first-order valence-electron chi connectivity index (χ1n) is 6.95. The molecule has 0 atom stereocenters. The number of aryl methyl sites for hydroxylation is 1. The Hall–Kier alpha value is -3.24. The van der Waals surface area contributed by atoms with Gasteiger partial charge in [0.1, 0.15) is 23.1 Å². The molecule has 126 valence electrons. The number of anilines is 1. The van der Waals surface area contributed by atoms with Gasteiger partial charge in [0.15, 0.2) is 0 Å². The van der Waals surface area contributed by atoms with Crippen LogP contribution in [0.2, 0.25) is 5.02 Å². The average Bonchev–Trinajstić information content (AvgIpc) is 2.56. The number of nitrogens with zero attached hydrogens (tertiary/aromatic N) is 2. The normalized spacial score (nSPS) is 10.9. The van der Waals surface area contributed by atoms with Gasteiger partial charge < -0.3 is 5.32 Å². The van der Waals surface area contributed by atoms with Crippen molar-refractivity contribution in [3.05, 3.63) is 74.1 Å². The van der Waals surface area contributed by atoms with Gasteiger partial charge >= 0.3 is 0 Å². The lowest BCUT2D eigenvalue weighted by molar-refractivity contribution is -0.384. The van der Waals surface area contributed by atoms with E-state index in [9.17, 15) is 19.3 Å². The predicted octanol–water partition coefficient (Wildman–Crippen LogP) is 4.24. The molecule has 0 spiro atoms. The molecule has 0 aromatic heterocycles. The van der Waals surface area contributed by atoms with E-state index >= 15 is 0 Å². The van der Waals surface area contributed by atoms with Gasteiger partial charge in [-0.1, -0.05) is 23.7 Å². The summed E-state index contributed by atoms with van der Waals surface area (Å²) in [4.78, 5) is 22.7. The van der Waals surface area contributed by atoms with Crippen LogP contribution in [-0.2, 0) is 4.79 Å². The van der Waals surface area contributed by atoms with E-state index in [1.54, 1.807) is 19.1 Å². The number of halogens is 2. The van der Waals surface area contributed by atoms with Gasteiger partial charge in [0.05, 0.1) is 9.95 Å². The molecule has 0 aliphatic heterocycles. The Labute approximate surface area is 147 Å². The molecule has 1 N–H and O–H groups in total. The van der Waals surface area contributed by atoms with E-state index in [-0.39, 0.29) is 22.0 Å². The molecule has 0 aliphatic rings. The van der Waals surface area contributed by atoms with Gasteiger partial charge in [-0.05, 0) is 36.8 Å². The highest BCUT2D eigenvalue weighted by Crippen LogP contribution is 2.26. The molecule has 0 aliphatic carbocycles. The van der Waals surface area contributed by atoms with Gasteiger partial charge in [-0.3, -0.25) is 14.9 Å². The fourth-order valence-corrected chi connectivity index (χ4v) is 2.25. The molecule has 8 heteroatoms. The monoisotopic (exact) mass is 359 g/mol. The summed E-state index contributed by atoms with van der Waals surface area (Å²) in [7, 11) is 0. The Balaban J connectivity index is 2.38. The lowest BCUT2D eigenvalue weighted by Crippen LogP contribution is -2.14. The largest absolute Gasteiger partial charge is 0.316 e. The van der Waals surface area contributed by atoms with Gasteiger partial charge in [0, 0.05) is 11.6 Å². The summed E-state index contributed by atoms with van der Waals surface area (Å²) in [6.45, 7) is 1.67. The Kier molecular flexibility index (Phi) is 5.47. The van der Waals surface area contributed by atoms with Crippen molar-refractivity contribution in [1.29, 1.82) is 5.26 Å². The van der Waals surface area contributed by atoms with Crippen LogP contribution in [-0.4, -0.2) is 10.8 Å². The topological polar surface area (TPSA) is 96.0 Å². The standard InChI is InChI=1S/C17H11ClFN3O3/c1-10-5-6-15(16(7-10)22(24)25)21-17(23)11(9-20)8-12-13(18)3-2-4-14(12)19/h2-8H,1H3,(H,21,23)/b11-8+. The number of hydrogen-bond acceptors (Lipinski definition) is 4. The van der Waals surface area contributed by atoms with Crippen molar-refractivity contribution in [2.75, 3.05) is 5.32 Å². The third-order valence-corrected chi connectivity index (χ3v) is 3.58. The van der Waals surface area contributed by atoms with Crippen LogP contribution in [0.4, 0.5) is 15.8 Å². The number of nitriles is 1. The van der Waals surface area contributed by atoms with Crippen LogP contribution in [0.15, 0.2) is 42.0 Å². The fourth-order valence-electron chi connectivity index (χ4n) is 2.03. The first kappa shape index (κ1) is 18.1. The van der Waals surface area contributed by atoms with E-state index in [1.807, 2.05) is 0 Å². The summed E-state index contributed by atoms with van der Waals surface area (Å²) < 4.78 is 13.8. The molecule has 0 radical (unpaired) electrons. The molecule has 0 heterocycles. The molecule has 2 rings (SSSR count). The fraction of sp³-hybridized carbons (Fsp3) is 0.0588. The molecule has 6 nitrogen and oxygen atoms in total. The van der Waals surface area contributed by atoms with Crippen LogP contribution in [0.1, 0.15) is 11.1 Å². The first-order chi connectivity index (χ1) is 11.8. The van der Waals surface area contributed by atoms with E-state index in [1.165, 1.54) is 24.3 Å². The molecular formula is C17H11ClFN3O3. The minimum Gasteiger partial charge on any atom is -0.316 e. The van der Waals surface area contributed by atoms with Crippen molar-refractivity contribution in [3.63, 3.8) is 0 Å². The number of carbonyl (C=O) groups excluding carboxylic acids is 1. The number of benzene rings is 2. The van der Waals surface area contributed by atoms with Gasteiger partial charge in [0.25, 0.3) is 11.6 Å². The van der Waals surface area contributed by atoms with Crippen LogP contribution in [0.25, 0.3) is 6.08 Å². The number of amides is 1. The van der Waals surface area contributed by atoms with Crippen molar-refractivity contribution in [2.24, 2.45) is 0 Å². The molecule has 1 amide bonds. The van der Waals surface area contributed by atoms with E-state index in [2.05, 4.69) is 5.32 Å². The Morgan fingerprint density at radius 1 is 1.40 bits per heavy atom. The Bertz CT molecular complexity index is 915. The zero-order valence-corrected chi connectivity index (χ0v) is 13.7. The minimum atomic E-state index is -0.909. The number of nitrogens with one attached hydrogen (secondary N) is 1. The molecule has 0 fully saturated rings. The van der Waals surface area contributed by atoms with E-state index in [4.69, 9.17) is 16.9 Å². The maximum Gasteiger partial charge on any atom is 0.293 e. The average molecular weight is 360 g/mol. The number of hydrogen-bond donors (Lipinski definition) is 1. The molecule has 2 aromatic carbocycles. The third-order valence-electron chi connectivity index (χ3n) is 3.25. The zero-order valence-electron chi connectivity index (χ0n) is 12.9. The van der Waals surface area contributed by atoms with Crippen LogP contribution in [0.5, 0.6) is 0 Å². The third kappa shape index (κ3) is 4.19. The first-order valence-corrected chi connectivity index (χ1v) is 7.33. The van der Waals surface area contributed by atoms with Gasteiger partial charge in [-0.2, -0.15) is 5.26 Å². The SMILES string of the molecule is Cc1ccc(NC(=O)/C(C#N)=C/c2c(F)cccc2Cl)c([N+](=O)[O-])c1. The van der Waals surface area contributed by atoms with Crippen molar-refractivity contribution in [1.82, 2.24) is 0 Å². The summed E-state index contributed by atoms with van der Waals surface area (Å²) in [6, 6.07) is 9.79. The molecule has 0 saturated carbocycles. The molecular weight excluding hydrogens is 349 g/mol. The highest BCUT2D eigenvalue weighted by Gasteiger charge is 2.19.